The molecule has 0 spiro atoms. The predicted molar refractivity (Wildman–Crippen MR) is 137 cm³/mol. The quantitative estimate of drug-likeness (QED) is 0.253. The lowest BCUT2D eigenvalue weighted by atomic mass is 9.83. The average molecular weight is 542 g/mol. The zero-order valence-electron chi connectivity index (χ0n) is 20.1. The van der Waals surface area contributed by atoms with Gasteiger partial charge in [0.25, 0.3) is 0 Å². The van der Waals surface area contributed by atoms with Gasteiger partial charge in [-0.2, -0.15) is 0 Å². The Labute approximate surface area is 213 Å². The molecule has 3 aromatic carbocycles. The Morgan fingerprint density at radius 3 is 2.03 bits per heavy atom. The fraction of sp³-hybridized carbons (Fsp3) is 0.296. The molecule has 0 aliphatic carbocycles. The highest BCUT2D eigenvalue weighted by molar-refractivity contribution is 9.09. The van der Waals surface area contributed by atoms with Crippen LogP contribution in [0.25, 0.3) is 0 Å². The Hall–Kier alpha value is -3.39. The van der Waals surface area contributed by atoms with Gasteiger partial charge in [0.2, 0.25) is 11.7 Å². The number of carbonyl (C=O) groups is 1. The first-order valence-corrected chi connectivity index (χ1v) is 12.2. The molecule has 0 bridgehead atoms. The Morgan fingerprint density at radius 2 is 1.46 bits per heavy atom. The van der Waals surface area contributed by atoms with E-state index in [1.165, 1.54) is 0 Å². The number of methoxy groups -OCH3 is 4. The molecule has 1 amide bonds. The summed E-state index contributed by atoms with van der Waals surface area (Å²) < 4.78 is 28.1. The first kappa shape index (κ1) is 24.7. The number of benzene rings is 3. The number of nitrogens with zero attached hydrogens (tertiary/aromatic N) is 1. The van der Waals surface area contributed by atoms with Crippen molar-refractivity contribution in [2.75, 3.05) is 38.7 Å². The van der Waals surface area contributed by atoms with Crippen molar-refractivity contribution in [3.8, 4) is 28.7 Å². The Balaban J connectivity index is 1.70. The summed E-state index contributed by atoms with van der Waals surface area (Å²) in [5.74, 6) is 2.46. The van der Waals surface area contributed by atoms with E-state index in [-0.39, 0.29) is 17.9 Å². The van der Waals surface area contributed by atoms with Gasteiger partial charge in [-0.05, 0) is 23.3 Å². The molecule has 35 heavy (non-hydrogen) atoms. The summed E-state index contributed by atoms with van der Waals surface area (Å²) in [7, 11) is 6.27. The zero-order valence-corrected chi connectivity index (χ0v) is 21.7. The molecule has 1 aliphatic rings. The first-order valence-electron chi connectivity index (χ1n) is 11.1. The van der Waals surface area contributed by atoms with Gasteiger partial charge in [-0.25, -0.2) is 0 Å². The van der Waals surface area contributed by atoms with Crippen molar-refractivity contribution in [2.24, 2.45) is 5.92 Å². The maximum atomic E-state index is 13.2. The topological polar surface area (TPSA) is 66.5 Å². The summed E-state index contributed by atoms with van der Waals surface area (Å²) in [6.07, 6.45) is 0. The van der Waals surface area contributed by atoms with Crippen LogP contribution in [0.15, 0.2) is 60.7 Å². The monoisotopic (exact) mass is 541 g/mol. The minimum absolute atomic E-state index is 0.00344. The molecule has 1 fully saturated rings. The standard InChI is InChI=1S/C27H28BrNO6/c1-31-21-11-10-18(12-22(21)35-16-17-8-6-5-7-9-17)25-20(15-28)27(30)29(25)19-13-23(32-2)26(34-4)24(14-19)33-3/h5-14,20,25H,15-16H2,1-4H3/t20-,25?/m1/s1. The van der Waals surface area contributed by atoms with Crippen LogP contribution in [-0.2, 0) is 11.4 Å². The van der Waals surface area contributed by atoms with Crippen LogP contribution in [0, 0.1) is 5.92 Å². The second-order valence-electron chi connectivity index (χ2n) is 7.98. The largest absolute Gasteiger partial charge is 0.493 e. The maximum absolute atomic E-state index is 13.2. The highest BCUT2D eigenvalue weighted by Crippen LogP contribution is 2.49. The summed E-state index contributed by atoms with van der Waals surface area (Å²) in [5.41, 5.74) is 2.65. The molecule has 1 aliphatic heterocycles. The number of rotatable bonds is 10. The van der Waals surface area contributed by atoms with Crippen LogP contribution in [0.3, 0.4) is 0 Å². The normalized spacial score (nSPS) is 16.9. The minimum Gasteiger partial charge on any atom is -0.493 e. The maximum Gasteiger partial charge on any atom is 0.233 e. The van der Waals surface area contributed by atoms with Crippen molar-refractivity contribution in [1.29, 1.82) is 0 Å². The summed E-state index contributed by atoms with van der Waals surface area (Å²) in [5, 5.41) is 0.531. The Morgan fingerprint density at radius 1 is 0.800 bits per heavy atom. The molecule has 2 atom stereocenters. The highest BCUT2D eigenvalue weighted by atomic mass is 79.9. The van der Waals surface area contributed by atoms with Crippen molar-refractivity contribution >= 4 is 27.5 Å². The lowest BCUT2D eigenvalue weighted by Crippen LogP contribution is -2.56. The van der Waals surface area contributed by atoms with Gasteiger partial charge in [-0.15, -0.1) is 0 Å². The second kappa shape index (κ2) is 10.9. The molecule has 1 unspecified atom stereocenters. The van der Waals surface area contributed by atoms with Gasteiger partial charge in [-0.1, -0.05) is 52.3 Å². The van der Waals surface area contributed by atoms with Crippen LogP contribution in [-0.4, -0.2) is 39.7 Å². The van der Waals surface area contributed by atoms with Crippen LogP contribution in [0.1, 0.15) is 17.2 Å². The first-order chi connectivity index (χ1) is 17.1. The molecule has 0 radical (unpaired) electrons. The van der Waals surface area contributed by atoms with Crippen LogP contribution in [0.2, 0.25) is 0 Å². The molecule has 7 nitrogen and oxygen atoms in total. The fourth-order valence-corrected chi connectivity index (χ4v) is 4.93. The van der Waals surface area contributed by atoms with Crippen molar-refractivity contribution in [3.63, 3.8) is 0 Å². The SMILES string of the molecule is COc1ccc(C2[C@@H](CBr)C(=O)N2c2cc(OC)c(OC)c(OC)c2)cc1OCc1ccccc1. The Bertz CT molecular complexity index is 1160. The van der Waals surface area contributed by atoms with Gasteiger partial charge >= 0.3 is 0 Å². The van der Waals surface area contributed by atoms with Crippen molar-refractivity contribution in [2.45, 2.75) is 12.6 Å². The van der Waals surface area contributed by atoms with Gasteiger partial charge in [0.15, 0.2) is 23.0 Å². The number of hydrogen-bond donors (Lipinski definition) is 0. The molecule has 184 valence electrons. The summed E-state index contributed by atoms with van der Waals surface area (Å²) >= 11 is 3.52. The van der Waals surface area contributed by atoms with Gasteiger partial charge in [0.05, 0.1) is 46.1 Å². The summed E-state index contributed by atoms with van der Waals surface area (Å²) in [4.78, 5) is 14.9. The third-order valence-corrected chi connectivity index (χ3v) is 6.77. The van der Waals surface area contributed by atoms with E-state index in [1.54, 1.807) is 45.5 Å². The van der Waals surface area contributed by atoms with E-state index in [4.69, 9.17) is 23.7 Å². The minimum atomic E-state index is -0.232. The number of anilines is 1. The number of carbonyl (C=O) groups excluding carboxylic acids is 1. The number of amides is 1. The molecule has 1 heterocycles. The van der Waals surface area contributed by atoms with Crippen LogP contribution in [0.5, 0.6) is 28.7 Å². The van der Waals surface area contributed by atoms with Crippen molar-refractivity contribution in [3.05, 3.63) is 71.8 Å². The number of alkyl halides is 1. The molecule has 0 N–H and O–H groups in total. The predicted octanol–water partition coefficient (Wildman–Crippen LogP) is 5.40. The smallest absolute Gasteiger partial charge is 0.233 e. The van der Waals surface area contributed by atoms with Gasteiger partial charge < -0.3 is 28.6 Å². The van der Waals surface area contributed by atoms with Crippen molar-refractivity contribution < 1.29 is 28.5 Å². The molecular weight excluding hydrogens is 514 g/mol. The van der Waals surface area contributed by atoms with E-state index >= 15 is 0 Å². The Kier molecular flexibility index (Phi) is 7.70. The molecular formula is C27H28BrNO6. The molecule has 4 rings (SSSR count). The van der Waals surface area contributed by atoms with Gasteiger partial charge in [0.1, 0.15) is 6.61 Å². The van der Waals surface area contributed by atoms with E-state index in [9.17, 15) is 4.79 Å². The van der Waals surface area contributed by atoms with E-state index < -0.39 is 0 Å². The van der Waals surface area contributed by atoms with Crippen LogP contribution >= 0.6 is 15.9 Å². The highest BCUT2D eigenvalue weighted by Gasteiger charge is 2.48. The second-order valence-corrected chi connectivity index (χ2v) is 8.63. The fourth-order valence-electron chi connectivity index (χ4n) is 4.30. The number of halogens is 1. The lowest BCUT2D eigenvalue weighted by molar-refractivity contribution is -0.129. The number of ether oxygens (including phenoxy) is 5. The van der Waals surface area contributed by atoms with E-state index in [0.29, 0.717) is 46.4 Å². The summed E-state index contributed by atoms with van der Waals surface area (Å²) in [6.45, 7) is 0.405. The molecule has 8 heteroatoms. The third kappa shape index (κ3) is 4.75. The zero-order chi connectivity index (χ0) is 24.9. The lowest BCUT2D eigenvalue weighted by Gasteiger charge is -2.47. The molecule has 0 aromatic heterocycles. The number of β-lactam (4-membered cyclic amide) rings is 1. The van der Waals surface area contributed by atoms with Crippen LogP contribution in [0.4, 0.5) is 5.69 Å². The summed E-state index contributed by atoms with van der Waals surface area (Å²) in [6, 6.07) is 19.1. The number of hydrogen-bond acceptors (Lipinski definition) is 6. The van der Waals surface area contributed by atoms with Crippen molar-refractivity contribution in [1.82, 2.24) is 0 Å². The van der Waals surface area contributed by atoms with Gasteiger partial charge in [0, 0.05) is 17.5 Å². The van der Waals surface area contributed by atoms with Gasteiger partial charge in [-0.3, -0.25) is 4.79 Å². The van der Waals surface area contributed by atoms with Crippen LogP contribution < -0.4 is 28.6 Å². The molecule has 3 aromatic rings. The molecule has 1 saturated heterocycles. The molecule has 0 saturated carbocycles. The van der Waals surface area contributed by atoms with E-state index in [2.05, 4.69) is 15.9 Å². The van der Waals surface area contributed by atoms with E-state index in [0.717, 1.165) is 11.1 Å². The third-order valence-electron chi connectivity index (χ3n) is 6.07. The average Bonchev–Trinajstić information content (AvgIpc) is 2.90. The van der Waals surface area contributed by atoms with E-state index in [1.807, 2.05) is 48.5 Å².